The van der Waals surface area contributed by atoms with Crippen molar-refractivity contribution < 1.29 is 19.5 Å². The number of nitrogens with zero attached hydrogens (tertiary/aromatic N) is 1. The van der Waals surface area contributed by atoms with Gasteiger partial charge in [0.1, 0.15) is 0 Å². The average Bonchev–Trinajstić information content (AvgIpc) is 2.31. The Morgan fingerprint density at radius 1 is 1.47 bits per heavy atom. The van der Waals surface area contributed by atoms with Crippen molar-refractivity contribution in [1.82, 2.24) is 10.2 Å². The Kier molecular flexibility index (Phi) is 5.79. The summed E-state index contributed by atoms with van der Waals surface area (Å²) < 4.78 is 0. The van der Waals surface area contributed by atoms with E-state index in [0.29, 0.717) is 18.9 Å². The first-order chi connectivity index (χ1) is 8.90. The first kappa shape index (κ1) is 15.5. The molecular weight excluding hydrogens is 248 g/mol. The van der Waals surface area contributed by atoms with Crippen LogP contribution in [0.1, 0.15) is 33.1 Å². The minimum atomic E-state index is -0.905. The highest BCUT2D eigenvalue weighted by molar-refractivity contribution is 5.86. The van der Waals surface area contributed by atoms with E-state index in [0.717, 1.165) is 6.42 Å². The molecule has 0 aromatic heterocycles. The molecule has 1 atom stereocenters. The summed E-state index contributed by atoms with van der Waals surface area (Å²) in [6.45, 7) is 4.81. The van der Waals surface area contributed by atoms with Crippen LogP contribution in [-0.4, -0.2) is 47.4 Å². The third-order valence-electron chi connectivity index (χ3n) is 3.23. The van der Waals surface area contributed by atoms with Gasteiger partial charge in [-0.15, -0.1) is 0 Å². The third kappa shape index (κ3) is 5.28. The number of carbonyl (C=O) groups excluding carboxylic acids is 2. The van der Waals surface area contributed by atoms with Crippen LogP contribution in [0.2, 0.25) is 0 Å². The van der Waals surface area contributed by atoms with E-state index >= 15 is 0 Å². The molecule has 1 fully saturated rings. The zero-order valence-electron chi connectivity index (χ0n) is 11.5. The fraction of sp³-hybridized carbons (Fsp3) is 0.769. The first-order valence-corrected chi connectivity index (χ1v) is 6.67. The van der Waals surface area contributed by atoms with Crippen molar-refractivity contribution >= 4 is 17.8 Å². The lowest BCUT2D eigenvalue weighted by Gasteiger charge is -2.30. The Bertz CT molecular complexity index is 355. The van der Waals surface area contributed by atoms with Gasteiger partial charge in [0.2, 0.25) is 11.8 Å². The summed E-state index contributed by atoms with van der Waals surface area (Å²) in [7, 11) is 0. The Morgan fingerprint density at radius 3 is 2.74 bits per heavy atom. The second-order valence-corrected chi connectivity index (χ2v) is 5.38. The van der Waals surface area contributed by atoms with Crippen LogP contribution in [0.5, 0.6) is 0 Å². The van der Waals surface area contributed by atoms with E-state index in [-0.39, 0.29) is 31.3 Å². The number of hydrogen-bond acceptors (Lipinski definition) is 3. The van der Waals surface area contributed by atoms with E-state index in [4.69, 9.17) is 5.11 Å². The second-order valence-electron chi connectivity index (χ2n) is 5.38. The molecule has 6 nitrogen and oxygen atoms in total. The van der Waals surface area contributed by atoms with Gasteiger partial charge in [-0.25, -0.2) is 0 Å². The van der Waals surface area contributed by atoms with Crippen molar-refractivity contribution in [1.29, 1.82) is 0 Å². The number of hydrogen-bond donors (Lipinski definition) is 2. The van der Waals surface area contributed by atoms with Crippen LogP contribution in [-0.2, 0) is 14.4 Å². The predicted octanol–water partition coefficient (Wildman–Crippen LogP) is 0.472. The smallest absolute Gasteiger partial charge is 0.308 e. The molecule has 19 heavy (non-hydrogen) atoms. The molecule has 0 aromatic carbocycles. The number of rotatable bonds is 6. The predicted molar refractivity (Wildman–Crippen MR) is 69.4 cm³/mol. The minimum Gasteiger partial charge on any atom is -0.481 e. The standard InChI is InChI=1S/C13H22N2O4/c1-9(2)5-6-14-11(16)8-15-7-10(13(18)19)3-4-12(15)17/h9-10H,3-8H2,1-2H3,(H,14,16)(H,18,19). The molecule has 108 valence electrons. The summed E-state index contributed by atoms with van der Waals surface area (Å²) in [5.74, 6) is -1.32. The quantitative estimate of drug-likeness (QED) is 0.734. The molecule has 1 aliphatic heterocycles. The number of piperidine rings is 1. The number of carboxylic acids is 1. The van der Waals surface area contributed by atoms with Gasteiger partial charge in [0, 0.05) is 19.5 Å². The Morgan fingerprint density at radius 2 is 2.16 bits per heavy atom. The third-order valence-corrected chi connectivity index (χ3v) is 3.23. The monoisotopic (exact) mass is 270 g/mol. The molecule has 0 saturated carbocycles. The van der Waals surface area contributed by atoms with Gasteiger partial charge in [-0.2, -0.15) is 0 Å². The lowest BCUT2D eigenvalue weighted by molar-refractivity contribution is -0.149. The molecule has 6 heteroatoms. The van der Waals surface area contributed by atoms with E-state index in [1.807, 2.05) is 0 Å². The SMILES string of the molecule is CC(C)CCNC(=O)CN1CC(C(=O)O)CCC1=O. The van der Waals surface area contributed by atoms with E-state index in [1.165, 1.54) is 4.90 Å². The number of nitrogens with one attached hydrogen (secondary N) is 1. The van der Waals surface area contributed by atoms with Gasteiger partial charge in [0.05, 0.1) is 12.5 Å². The molecule has 0 bridgehead atoms. The van der Waals surface area contributed by atoms with Crippen LogP contribution >= 0.6 is 0 Å². The van der Waals surface area contributed by atoms with Crippen LogP contribution in [0.25, 0.3) is 0 Å². The molecule has 1 saturated heterocycles. The molecule has 1 unspecified atom stereocenters. The summed E-state index contributed by atoms with van der Waals surface area (Å²) in [4.78, 5) is 35.5. The van der Waals surface area contributed by atoms with Gasteiger partial charge >= 0.3 is 5.97 Å². The highest BCUT2D eigenvalue weighted by Gasteiger charge is 2.30. The number of carboxylic acid groups (broad SMARTS) is 1. The molecule has 1 aliphatic rings. The van der Waals surface area contributed by atoms with E-state index in [2.05, 4.69) is 19.2 Å². The highest BCUT2D eigenvalue weighted by atomic mass is 16.4. The van der Waals surface area contributed by atoms with Gasteiger partial charge in [0.25, 0.3) is 0 Å². The maximum Gasteiger partial charge on any atom is 0.308 e. The van der Waals surface area contributed by atoms with Gasteiger partial charge in [-0.1, -0.05) is 13.8 Å². The molecular formula is C13H22N2O4. The summed E-state index contributed by atoms with van der Waals surface area (Å²) in [5, 5.41) is 11.7. The zero-order valence-corrected chi connectivity index (χ0v) is 11.5. The molecule has 0 spiro atoms. The Hall–Kier alpha value is -1.59. The van der Waals surface area contributed by atoms with Crippen molar-refractivity contribution in [3.63, 3.8) is 0 Å². The number of likely N-dealkylation sites (tertiary alicyclic amines) is 1. The lowest BCUT2D eigenvalue weighted by Crippen LogP contribution is -2.47. The Balaban J connectivity index is 2.39. The number of amides is 2. The molecule has 0 aliphatic carbocycles. The van der Waals surface area contributed by atoms with Crippen LogP contribution in [0.3, 0.4) is 0 Å². The topological polar surface area (TPSA) is 86.7 Å². The van der Waals surface area contributed by atoms with Gasteiger partial charge in [-0.05, 0) is 18.8 Å². The molecule has 1 rings (SSSR count). The molecule has 2 amide bonds. The number of aliphatic carboxylic acids is 1. The number of carbonyl (C=O) groups is 3. The molecule has 1 heterocycles. The molecule has 0 radical (unpaired) electrons. The van der Waals surface area contributed by atoms with Gasteiger partial charge in [-0.3, -0.25) is 14.4 Å². The van der Waals surface area contributed by atoms with Crippen molar-refractivity contribution in [2.24, 2.45) is 11.8 Å². The zero-order chi connectivity index (χ0) is 14.4. The Labute approximate surface area is 113 Å². The van der Waals surface area contributed by atoms with E-state index in [1.54, 1.807) is 0 Å². The van der Waals surface area contributed by atoms with Crippen LogP contribution in [0.15, 0.2) is 0 Å². The van der Waals surface area contributed by atoms with Crippen LogP contribution in [0, 0.1) is 11.8 Å². The summed E-state index contributed by atoms with van der Waals surface area (Å²) in [6, 6.07) is 0. The van der Waals surface area contributed by atoms with Crippen molar-refractivity contribution in [2.75, 3.05) is 19.6 Å². The van der Waals surface area contributed by atoms with Crippen molar-refractivity contribution in [2.45, 2.75) is 33.1 Å². The average molecular weight is 270 g/mol. The van der Waals surface area contributed by atoms with Gasteiger partial charge < -0.3 is 15.3 Å². The van der Waals surface area contributed by atoms with E-state index < -0.39 is 11.9 Å². The largest absolute Gasteiger partial charge is 0.481 e. The van der Waals surface area contributed by atoms with Gasteiger partial charge in [0.15, 0.2) is 0 Å². The maximum absolute atomic E-state index is 11.7. The fourth-order valence-corrected chi connectivity index (χ4v) is 2.00. The summed E-state index contributed by atoms with van der Waals surface area (Å²) >= 11 is 0. The van der Waals surface area contributed by atoms with Crippen LogP contribution in [0.4, 0.5) is 0 Å². The van der Waals surface area contributed by atoms with E-state index in [9.17, 15) is 14.4 Å². The van der Waals surface area contributed by atoms with Crippen LogP contribution < -0.4 is 5.32 Å². The van der Waals surface area contributed by atoms with Crippen molar-refractivity contribution in [3.05, 3.63) is 0 Å². The molecule has 2 N–H and O–H groups in total. The first-order valence-electron chi connectivity index (χ1n) is 6.67. The maximum atomic E-state index is 11.7. The second kappa shape index (κ2) is 7.11. The highest BCUT2D eigenvalue weighted by Crippen LogP contribution is 2.17. The fourth-order valence-electron chi connectivity index (χ4n) is 2.00. The summed E-state index contributed by atoms with van der Waals surface area (Å²) in [5.41, 5.74) is 0. The lowest BCUT2D eigenvalue weighted by atomic mass is 9.98. The summed E-state index contributed by atoms with van der Waals surface area (Å²) in [6.07, 6.45) is 1.45. The molecule has 0 aromatic rings. The van der Waals surface area contributed by atoms with Crippen molar-refractivity contribution in [3.8, 4) is 0 Å². The minimum absolute atomic E-state index is 0.0410. The normalized spacial score (nSPS) is 19.6.